The zero-order chi connectivity index (χ0) is 24.2. The summed E-state index contributed by atoms with van der Waals surface area (Å²) in [4.78, 5) is 10.7. The lowest BCUT2D eigenvalue weighted by Gasteiger charge is -2.08. The standard InChI is InChI=1S/C14H13FN2O.C10H21N.C2H6/c1-3-10(9-18)6-14(17-2)11-4-5-12(8-16)13(15)7-11;1-4-9(3)7-6-8-10(11)5-2;1-2/h3-7,9,17H,1-2H3;5,9H,4,6-8,11H2,1-3H3;1-2H3/b10-3+,14-6-;10-5+;. The smallest absolute Gasteiger partial charge is 0.149 e. The van der Waals surface area contributed by atoms with Crippen LogP contribution in [0.25, 0.3) is 5.70 Å². The molecule has 0 fully saturated rings. The van der Waals surface area contributed by atoms with Gasteiger partial charge in [-0.15, -0.1) is 0 Å². The van der Waals surface area contributed by atoms with Crippen LogP contribution in [0.3, 0.4) is 0 Å². The SMILES string of the molecule is C/C=C(/N)CCCC(C)CC.C/C=C(C=O)\C=C(/NC)c1ccc(C#N)c(F)c1.CC. The van der Waals surface area contributed by atoms with E-state index in [2.05, 4.69) is 19.2 Å². The number of benzene rings is 1. The third-order valence-corrected chi connectivity index (χ3v) is 4.68. The monoisotopic (exact) mass is 429 g/mol. The molecule has 0 aromatic heterocycles. The molecule has 31 heavy (non-hydrogen) atoms. The van der Waals surface area contributed by atoms with Crippen molar-refractivity contribution in [2.75, 3.05) is 7.05 Å². The van der Waals surface area contributed by atoms with Crippen LogP contribution >= 0.6 is 0 Å². The molecule has 0 radical (unpaired) electrons. The number of nitrogens with one attached hydrogen (secondary N) is 1. The summed E-state index contributed by atoms with van der Waals surface area (Å²) < 4.78 is 13.5. The van der Waals surface area contributed by atoms with Crippen molar-refractivity contribution in [2.45, 2.75) is 67.2 Å². The Balaban J connectivity index is 0. The zero-order valence-electron chi connectivity index (χ0n) is 20.3. The van der Waals surface area contributed by atoms with Gasteiger partial charge in [0, 0.05) is 29.6 Å². The average molecular weight is 430 g/mol. The molecule has 0 saturated carbocycles. The van der Waals surface area contributed by atoms with Gasteiger partial charge in [0.25, 0.3) is 0 Å². The van der Waals surface area contributed by atoms with E-state index in [0.717, 1.165) is 24.3 Å². The van der Waals surface area contributed by atoms with Crippen LogP contribution in [0.15, 0.2) is 47.7 Å². The molecular formula is C26H40FN3O. The number of aldehydes is 1. The zero-order valence-corrected chi connectivity index (χ0v) is 20.3. The maximum atomic E-state index is 13.5. The quantitative estimate of drug-likeness (QED) is 0.267. The van der Waals surface area contributed by atoms with Crippen LogP contribution in [0.1, 0.15) is 78.4 Å². The highest BCUT2D eigenvalue weighted by atomic mass is 19.1. The highest BCUT2D eigenvalue weighted by Crippen LogP contribution is 2.17. The van der Waals surface area contributed by atoms with Gasteiger partial charge in [-0.05, 0) is 50.8 Å². The van der Waals surface area contributed by atoms with Gasteiger partial charge >= 0.3 is 0 Å². The number of carbonyl (C=O) groups excluding carboxylic acids is 1. The molecule has 0 bridgehead atoms. The number of nitrogens with zero attached hydrogens (tertiary/aromatic N) is 1. The second-order valence-corrected chi connectivity index (χ2v) is 6.79. The lowest BCUT2D eigenvalue weighted by atomic mass is 10.0. The fourth-order valence-electron chi connectivity index (χ4n) is 2.43. The van der Waals surface area contributed by atoms with Crippen molar-refractivity contribution in [3.05, 3.63) is 64.6 Å². The number of allylic oxidation sites excluding steroid dienone is 5. The van der Waals surface area contributed by atoms with Crippen LogP contribution in [0.5, 0.6) is 0 Å². The predicted molar refractivity (Wildman–Crippen MR) is 131 cm³/mol. The van der Waals surface area contributed by atoms with E-state index in [1.807, 2.05) is 26.8 Å². The Morgan fingerprint density at radius 2 is 1.94 bits per heavy atom. The Hall–Kier alpha value is -2.87. The molecule has 1 aromatic carbocycles. The largest absolute Gasteiger partial charge is 0.402 e. The van der Waals surface area contributed by atoms with E-state index in [9.17, 15) is 9.18 Å². The summed E-state index contributed by atoms with van der Waals surface area (Å²) in [5, 5.41) is 11.5. The molecule has 1 rings (SSSR count). The summed E-state index contributed by atoms with van der Waals surface area (Å²) in [5.41, 5.74) is 8.37. The molecule has 3 N–H and O–H groups in total. The molecule has 0 heterocycles. The van der Waals surface area contributed by atoms with Crippen molar-refractivity contribution < 1.29 is 9.18 Å². The fourth-order valence-corrected chi connectivity index (χ4v) is 2.43. The number of nitrogens with two attached hydrogens (primary N) is 1. The van der Waals surface area contributed by atoms with Crippen molar-refractivity contribution >= 4 is 12.0 Å². The molecule has 172 valence electrons. The van der Waals surface area contributed by atoms with Crippen LogP contribution in [0.4, 0.5) is 4.39 Å². The topological polar surface area (TPSA) is 78.9 Å². The third-order valence-electron chi connectivity index (χ3n) is 4.68. The number of rotatable bonds is 9. The first-order valence-electron chi connectivity index (χ1n) is 11.0. The molecule has 0 spiro atoms. The Morgan fingerprint density at radius 1 is 1.29 bits per heavy atom. The molecule has 1 aromatic rings. The number of halogens is 1. The van der Waals surface area contributed by atoms with Crippen LogP contribution < -0.4 is 11.1 Å². The van der Waals surface area contributed by atoms with Crippen LogP contribution in [-0.2, 0) is 4.79 Å². The van der Waals surface area contributed by atoms with Gasteiger partial charge in [-0.1, -0.05) is 58.8 Å². The van der Waals surface area contributed by atoms with Gasteiger partial charge in [0.15, 0.2) is 0 Å². The van der Waals surface area contributed by atoms with E-state index in [0.29, 0.717) is 16.8 Å². The van der Waals surface area contributed by atoms with Crippen molar-refractivity contribution in [1.82, 2.24) is 5.32 Å². The molecule has 0 aliphatic carbocycles. The maximum absolute atomic E-state index is 13.5. The van der Waals surface area contributed by atoms with E-state index in [4.69, 9.17) is 11.0 Å². The van der Waals surface area contributed by atoms with E-state index < -0.39 is 5.82 Å². The molecular weight excluding hydrogens is 389 g/mol. The first kappa shape index (κ1) is 30.3. The summed E-state index contributed by atoms with van der Waals surface area (Å²) in [7, 11) is 1.68. The normalized spacial score (nSPS) is 12.4. The first-order chi connectivity index (χ1) is 14.9. The van der Waals surface area contributed by atoms with Crippen LogP contribution in [0.2, 0.25) is 0 Å². The number of hydrogen-bond donors (Lipinski definition) is 2. The lowest BCUT2D eigenvalue weighted by molar-refractivity contribution is -0.104. The van der Waals surface area contributed by atoms with Crippen molar-refractivity contribution in [2.24, 2.45) is 11.7 Å². The molecule has 5 heteroatoms. The van der Waals surface area contributed by atoms with Gasteiger partial charge in [0.1, 0.15) is 18.2 Å². The second kappa shape index (κ2) is 19.1. The summed E-state index contributed by atoms with van der Waals surface area (Å²) in [6.07, 6.45) is 10.9. The van der Waals surface area contributed by atoms with Gasteiger partial charge in [-0.25, -0.2) is 4.39 Å². The van der Waals surface area contributed by atoms with E-state index in [1.54, 1.807) is 38.3 Å². The summed E-state index contributed by atoms with van der Waals surface area (Å²) in [6, 6.07) is 6.06. The first-order valence-corrected chi connectivity index (χ1v) is 11.0. The second-order valence-electron chi connectivity index (χ2n) is 6.79. The molecule has 1 atom stereocenters. The number of carbonyl (C=O) groups is 1. The van der Waals surface area contributed by atoms with E-state index >= 15 is 0 Å². The molecule has 0 amide bonds. The van der Waals surface area contributed by atoms with Gasteiger partial charge in [0.05, 0.1) is 5.56 Å². The van der Waals surface area contributed by atoms with E-state index in [-0.39, 0.29) is 5.56 Å². The molecule has 4 nitrogen and oxygen atoms in total. The molecule has 0 aliphatic rings. The highest BCUT2D eigenvalue weighted by molar-refractivity contribution is 5.82. The number of nitriles is 1. The molecule has 0 aliphatic heterocycles. The minimum atomic E-state index is -0.579. The van der Waals surface area contributed by atoms with Crippen molar-refractivity contribution in [1.29, 1.82) is 5.26 Å². The Kier molecular flexibility index (Phi) is 18.7. The van der Waals surface area contributed by atoms with Crippen LogP contribution in [0, 0.1) is 23.1 Å². The Morgan fingerprint density at radius 3 is 2.35 bits per heavy atom. The van der Waals surface area contributed by atoms with Crippen LogP contribution in [-0.4, -0.2) is 13.3 Å². The minimum Gasteiger partial charge on any atom is -0.402 e. The summed E-state index contributed by atoms with van der Waals surface area (Å²) >= 11 is 0. The van der Waals surface area contributed by atoms with Gasteiger partial charge in [-0.2, -0.15) is 5.26 Å². The van der Waals surface area contributed by atoms with Crippen molar-refractivity contribution in [3.63, 3.8) is 0 Å². The lowest BCUT2D eigenvalue weighted by Crippen LogP contribution is -2.06. The van der Waals surface area contributed by atoms with Crippen molar-refractivity contribution in [3.8, 4) is 6.07 Å². The maximum Gasteiger partial charge on any atom is 0.149 e. The summed E-state index contributed by atoms with van der Waals surface area (Å²) in [5.74, 6) is 0.281. The molecule has 0 saturated heterocycles. The predicted octanol–water partition coefficient (Wildman–Crippen LogP) is 6.49. The third kappa shape index (κ3) is 13.1. The fraction of sp³-hybridized carbons (Fsp3) is 0.462. The Labute approximate surface area is 188 Å². The highest BCUT2D eigenvalue weighted by Gasteiger charge is 2.06. The van der Waals surface area contributed by atoms with Gasteiger partial charge in [0.2, 0.25) is 0 Å². The number of hydrogen-bond acceptors (Lipinski definition) is 4. The Bertz CT molecular complexity index is 773. The van der Waals surface area contributed by atoms with Gasteiger partial charge in [-0.3, -0.25) is 4.79 Å². The van der Waals surface area contributed by atoms with Gasteiger partial charge < -0.3 is 11.1 Å². The minimum absolute atomic E-state index is 0.00384. The summed E-state index contributed by atoms with van der Waals surface area (Å²) in [6.45, 7) is 12.3. The molecule has 1 unspecified atom stereocenters. The van der Waals surface area contributed by atoms with E-state index in [1.165, 1.54) is 31.4 Å². The average Bonchev–Trinajstić information content (AvgIpc) is 2.81.